The molecular formula is C38H46N4O6. The Morgan fingerprint density at radius 2 is 1.29 bits per heavy atom. The van der Waals surface area contributed by atoms with E-state index in [0.717, 1.165) is 21.6 Å². The predicted molar refractivity (Wildman–Crippen MR) is 182 cm³/mol. The Kier molecular flexibility index (Phi) is 12.9. The van der Waals surface area contributed by atoms with Crippen LogP contribution >= 0.6 is 0 Å². The van der Waals surface area contributed by atoms with Crippen LogP contribution in [0.1, 0.15) is 69.8 Å². The first kappa shape index (κ1) is 37.3. The third-order valence-electron chi connectivity index (χ3n) is 7.00. The number of nitrogens with one attached hydrogen (secondary N) is 2. The number of benzene rings is 3. The van der Waals surface area contributed by atoms with Gasteiger partial charge in [0.2, 0.25) is 11.8 Å². The molecule has 0 saturated carbocycles. The van der Waals surface area contributed by atoms with Gasteiger partial charge < -0.3 is 25.0 Å². The van der Waals surface area contributed by atoms with Crippen molar-refractivity contribution in [3.8, 4) is 6.07 Å². The van der Waals surface area contributed by atoms with E-state index in [1.807, 2.05) is 79.7 Å². The number of hydrogen-bond donors (Lipinski definition) is 2. The summed E-state index contributed by atoms with van der Waals surface area (Å²) in [5.74, 6) is -2.01. The number of alkyl carbamates (subject to hydrolysis) is 1. The van der Waals surface area contributed by atoms with E-state index >= 15 is 0 Å². The van der Waals surface area contributed by atoms with Crippen molar-refractivity contribution < 1.29 is 28.7 Å². The van der Waals surface area contributed by atoms with Crippen molar-refractivity contribution in [1.29, 1.82) is 5.26 Å². The maximum Gasteiger partial charge on any atom is 0.408 e. The second kappa shape index (κ2) is 16.6. The van der Waals surface area contributed by atoms with E-state index in [4.69, 9.17) is 9.47 Å². The van der Waals surface area contributed by atoms with Crippen LogP contribution in [0.2, 0.25) is 0 Å². The minimum Gasteiger partial charge on any atom is -0.458 e. The summed E-state index contributed by atoms with van der Waals surface area (Å²) < 4.78 is 11.1. The van der Waals surface area contributed by atoms with Crippen molar-refractivity contribution >= 4 is 23.9 Å². The Hall–Kier alpha value is -5.17. The number of amides is 3. The third kappa shape index (κ3) is 11.9. The fourth-order valence-corrected chi connectivity index (χ4v) is 5.05. The molecule has 0 fully saturated rings. The van der Waals surface area contributed by atoms with Crippen molar-refractivity contribution in [2.75, 3.05) is 6.54 Å². The first-order valence-electron chi connectivity index (χ1n) is 15.9. The molecule has 0 saturated heterocycles. The molecule has 0 heterocycles. The van der Waals surface area contributed by atoms with Crippen LogP contribution in [0.4, 0.5) is 4.79 Å². The fraction of sp³-hybridized carbons (Fsp3) is 0.395. The number of rotatable bonds is 12. The molecule has 0 aliphatic heterocycles. The van der Waals surface area contributed by atoms with Gasteiger partial charge in [0.25, 0.3) is 0 Å². The summed E-state index contributed by atoms with van der Waals surface area (Å²) in [4.78, 5) is 56.4. The monoisotopic (exact) mass is 654 g/mol. The van der Waals surface area contributed by atoms with Crippen LogP contribution < -0.4 is 10.6 Å². The van der Waals surface area contributed by atoms with Gasteiger partial charge in [0.05, 0.1) is 6.07 Å². The second-order valence-electron chi connectivity index (χ2n) is 13.6. The minimum atomic E-state index is -1.34. The normalized spacial score (nSPS) is 13.2. The van der Waals surface area contributed by atoms with Gasteiger partial charge in [-0.3, -0.25) is 9.59 Å². The lowest BCUT2D eigenvalue weighted by atomic mass is 9.98. The molecule has 0 aliphatic rings. The van der Waals surface area contributed by atoms with Crippen molar-refractivity contribution in [3.05, 3.63) is 107 Å². The number of carbonyl (C=O) groups excluding carboxylic acids is 4. The lowest BCUT2D eigenvalue weighted by Gasteiger charge is -2.34. The highest BCUT2D eigenvalue weighted by molar-refractivity contribution is 5.94. The maximum atomic E-state index is 14.5. The van der Waals surface area contributed by atoms with Crippen LogP contribution in [-0.4, -0.2) is 58.6 Å². The van der Waals surface area contributed by atoms with E-state index in [0.29, 0.717) is 5.56 Å². The molecule has 3 atom stereocenters. The van der Waals surface area contributed by atoms with Crippen molar-refractivity contribution in [2.45, 2.75) is 90.6 Å². The number of carbonyl (C=O) groups is 4. The average molecular weight is 655 g/mol. The molecule has 0 aliphatic carbocycles. The Labute approximate surface area is 283 Å². The molecule has 0 aromatic heterocycles. The molecule has 10 heteroatoms. The van der Waals surface area contributed by atoms with E-state index in [1.165, 1.54) is 0 Å². The SMILES string of the molecule is Cc1cccc(C(C(=O)NC(Cc2ccccc2)C(=O)OC(C)(C)C)N(CC#N)C(=O)C(Cc2ccccc2)NC(=O)OC(C)(C)C)c1. The molecule has 254 valence electrons. The zero-order valence-corrected chi connectivity index (χ0v) is 28.8. The summed E-state index contributed by atoms with van der Waals surface area (Å²) >= 11 is 0. The first-order chi connectivity index (χ1) is 22.6. The van der Waals surface area contributed by atoms with Crippen molar-refractivity contribution in [2.24, 2.45) is 0 Å². The summed E-state index contributed by atoms with van der Waals surface area (Å²) in [6.45, 7) is 11.7. The Bertz CT molecular complexity index is 1590. The highest BCUT2D eigenvalue weighted by atomic mass is 16.6. The van der Waals surface area contributed by atoms with Crippen LogP contribution in [0.25, 0.3) is 0 Å². The molecular weight excluding hydrogens is 608 g/mol. The first-order valence-corrected chi connectivity index (χ1v) is 15.9. The quantitative estimate of drug-likeness (QED) is 0.192. The molecule has 48 heavy (non-hydrogen) atoms. The smallest absolute Gasteiger partial charge is 0.408 e. The van der Waals surface area contributed by atoms with Gasteiger partial charge in [-0.2, -0.15) is 5.26 Å². The average Bonchev–Trinajstić information content (AvgIpc) is 2.99. The molecule has 0 spiro atoms. The van der Waals surface area contributed by atoms with Gasteiger partial charge in [0.15, 0.2) is 0 Å². The number of nitrogens with zero attached hydrogens (tertiary/aromatic N) is 2. The number of aryl methyl sites for hydroxylation is 1. The van der Waals surface area contributed by atoms with Gasteiger partial charge in [-0.25, -0.2) is 9.59 Å². The highest BCUT2D eigenvalue weighted by Gasteiger charge is 2.38. The van der Waals surface area contributed by atoms with Crippen LogP contribution in [0, 0.1) is 18.3 Å². The van der Waals surface area contributed by atoms with Crippen LogP contribution in [-0.2, 0) is 36.7 Å². The Morgan fingerprint density at radius 3 is 1.79 bits per heavy atom. The van der Waals surface area contributed by atoms with E-state index in [-0.39, 0.29) is 12.8 Å². The molecule has 0 bridgehead atoms. The van der Waals surface area contributed by atoms with Crippen molar-refractivity contribution in [3.63, 3.8) is 0 Å². The summed E-state index contributed by atoms with van der Waals surface area (Å²) in [6, 6.07) is 23.7. The molecule has 10 nitrogen and oxygen atoms in total. The van der Waals surface area contributed by atoms with Gasteiger partial charge in [-0.15, -0.1) is 0 Å². The fourth-order valence-electron chi connectivity index (χ4n) is 5.05. The second-order valence-corrected chi connectivity index (χ2v) is 13.6. The van der Waals surface area contributed by atoms with Gasteiger partial charge in [-0.05, 0) is 65.2 Å². The van der Waals surface area contributed by atoms with Crippen molar-refractivity contribution in [1.82, 2.24) is 15.5 Å². The topological polar surface area (TPSA) is 138 Å². The third-order valence-corrected chi connectivity index (χ3v) is 7.00. The van der Waals surface area contributed by atoms with Gasteiger partial charge in [0, 0.05) is 12.8 Å². The molecule has 0 radical (unpaired) electrons. The van der Waals surface area contributed by atoms with Gasteiger partial charge in [0.1, 0.15) is 35.9 Å². The zero-order chi connectivity index (χ0) is 35.5. The maximum absolute atomic E-state index is 14.5. The number of ether oxygens (including phenoxy) is 2. The lowest BCUT2D eigenvalue weighted by Crippen LogP contribution is -2.55. The van der Waals surface area contributed by atoms with E-state index < -0.39 is 59.7 Å². The summed E-state index contributed by atoms with van der Waals surface area (Å²) in [5.41, 5.74) is 1.11. The summed E-state index contributed by atoms with van der Waals surface area (Å²) in [6.07, 6.45) is -0.624. The molecule has 3 unspecified atom stereocenters. The van der Waals surface area contributed by atoms with Crippen LogP contribution in [0.3, 0.4) is 0 Å². The molecule has 3 amide bonds. The Balaban J connectivity index is 2.08. The molecule has 3 aromatic rings. The van der Waals surface area contributed by atoms with Crippen LogP contribution in [0.5, 0.6) is 0 Å². The van der Waals surface area contributed by atoms with E-state index in [2.05, 4.69) is 10.6 Å². The number of nitriles is 1. The molecule has 3 rings (SSSR count). The standard InChI is InChI=1S/C38H46N4O6/c1-26-15-14-20-29(23-26)32(33(43)40-31(35(45)47-37(2,3)4)25-28-18-12-9-13-19-28)42(22-21-39)34(44)30(24-27-16-10-8-11-17-27)41-36(46)48-38(5,6)7/h8-20,23,30-32H,22,24-25H2,1-7H3,(H,40,43)(H,41,46). The van der Waals surface area contributed by atoms with E-state index in [9.17, 15) is 24.4 Å². The van der Waals surface area contributed by atoms with E-state index in [1.54, 1.807) is 59.7 Å². The highest BCUT2D eigenvalue weighted by Crippen LogP contribution is 2.25. The number of esters is 1. The zero-order valence-electron chi connectivity index (χ0n) is 28.8. The summed E-state index contributed by atoms with van der Waals surface area (Å²) in [5, 5.41) is 15.5. The Morgan fingerprint density at radius 1 is 0.750 bits per heavy atom. The lowest BCUT2D eigenvalue weighted by molar-refractivity contribution is -0.159. The predicted octanol–water partition coefficient (Wildman–Crippen LogP) is 5.59. The van der Waals surface area contributed by atoms with Gasteiger partial charge in [-0.1, -0.05) is 90.5 Å². The van der Waals surface area contributed by atoms with Crippen LogP contribution in [0.15, 0.2) is 84.9 Å². The molecule has 3 aromatic carbocycles. The number of hydrogen-bond acceptors (Lipinski definition) is 7. The minimum absolute atomic E-state index is 0.0670. The van der Waals surface area contributed by atoms with Gasteiger partial charge >= 0.3 is 12.1 Å². The molecule has 2 N–H and O–H groups in total. The largest absolute Gasteiger partial charge is 0.458 e. The summed E-state index contributed by atoms with van der Waals surface area (Å²) in [7, 11) is 0.